The number of methoxy groups -OCH3 is 1. The van der Waals surface area contributed by atoms with Crippen molar-refractivity contribution in [2.45, 2.75) is 12.5 Å². The van der Waals surface area contributed by atoms with Crippen LogP contribution in [0.3, 0.4) is 0 Å². The Kier molecular flexibility index (Phi) is 2.65. The lowest BCUT2D eigenvalue weighted by molar-refractivity contribution is 0.380. The Bertz CT molecular complexity index is 326. The average molecular weight is 216 g/mol. The van der Waals surface area contributed by atoms with Gasteiger partial charge in [-0.2, -0.15) is 5.10 Å². The minimum Gasteiger partial charge on any atom is -0.492 e. The fourth-order valence-corrected chi connectivity index (χ4v) is 2.14. The van der Waals surface area contributed by atoms with Crippen LogP contribution in [0.25, 0.3) is 0 Å². The van der Waals surface area contributed by atoms with Crippen molar-refractivity contribution in [1.82, 2.24) is 14.7 Å². The van der Waals surface area contributed by atoms with Crippen LogP contribution in [0, 0.1) is 0 Å². The topological polar surface area (TPSA) is 30.3 Å². The number of halogens is 1. The van der Waals surface area contributed by atoms with Crippen molar-refractivity contribution < 1.29 is 4.74 Å². The van der Waals surface area contributed by atoms with Crippen LogP contribution in [-0.4, -0.2) is 41.9 Å². The summed E-state index contributed by atoms with van der Waals surface area (Å²) >= 11 is 6.11. The molecule has 0 bridgehead atoms. The molecule has 2 heterocycles. The molecule has 1 atom stereocenters. The van der Waals surface area contributed by atoms with Gasteiger partial charge in [0.1, 0.15) is 0 Å². The number of ether oxygens (including phenoxy) is 1. The highest BCUT2D eigenvalue weighted by Crippen LogP contribution is 2.29. The van der Waals surface area contributed by atoms with E-state index in [0.717, 1.165) is 19.5 Å². The van der Waals surface area contributed by atoms with Gasteiger partial charge in [0.05, 0.1) is 19.3 Å². The average Bonchev–Trinajstić information content (AvgIpc) is 2.72. The number of rotatable bonds is 2. The quantitative estimate of drug-likeness (QED) is 0.748. The van der Waals surface area contributed by atoms with Gasteiger partial charge in [-0.05, 0) is 20.0 Å². The summed E-state index contributed by atoms with van der Waals surface area (Å²) in [7, 11) is 3.71. The monoisotopic (exact) mass is 215 g/mol. The number of likely N-dealkylation sites (N-methyl/N-ethyl adjacent to an activating group) is 1. The van der Waals surface area contributed by atoms with Gasteiger partial charge in [-0.3, -0.25) is 0 Å². The molecule has 1 saturated heterocycles. The molecule has 0 radical (unpaired) electrons. The summed E-state index contributed by atoms with van der Waals surface area (Å²) in [6, 6.07) is 0.386. The molecule has 1 aliphatic heterocycles. The summed E-state index contributed by atoms with van der Waals surface area (Å²) in [4.78, 5) is 2.27. The Labute approximate surface area is 88.4 Å². The van der Waals surface area contributed by atoms with Gasteiger partial charge in [0.2, 0.25) is 0 Å². The van der Waals surface area contributed by atoms with Crippen LogP contribution in [0.5, 0.6) is 5.75 Å². The van der Waals surface area contributed by atoms with Crippen LogP contribution >= 0.6 is 11.6 Å². The molecule has 1 unspecified atom stereocenters. The van der Waals surface area contributed by atoms with Crippen LogP contribution in [0.2, 0.25) is 5.15 Å². The molecule has 4 nitrogen and oxygen atoms in total. The molecule has 2 rings (SSSR count). The van der Waals surface area contributed by atoms with Gasteiger partial charge in [0.15, 0.2) is 10.9 Å². The lowest BCUT2D eigenvalue weighted by Crippen LogP contribution is -2.17. The molecular formula is C9H14ClN3O. The van der Waals surface area contributed by atoms with Gasteiger partial charge in [-0.25, -0.2) is 4.68 Å². The highest BCUT2D eigenvalue weighted by Gasteiger charge is 2.24. The molecule has 1 aromatic heterocycles. The maximum atomic E-state index is 6.11. The first kappa shape index (κ1) is 9.80. The summed E-state index contributed by atoms with van der Waals surface area (Å²) in [5.41, 5.74) is 0. The summed E-state index contributed by atoms with van der Waals surface area (Å²) in [6.07, 6.45) is 2.77. The zero-order valence-electron chi connectivity index (χ0n) is 8.40. The van der Waals surface area contributed by atoms with Crippen LogP contribution in [0.4, 0.5) is 0 Å². The fourth-order valence-electron chi connectivity index (χ4n) is 1.83. The maximum Gasteiger partial charge on any atom is 0.175 e. The molecule has 0 aromatic carbocycles. The smallest absolute Gasteiger partial charge is 0.175 e. The molecule has 14 heavy (non-hydrogen) atoms. The first-order valence-corrected chi connectivity index (χ1v) is 5.05. The van der Waals surface area contributed by atoms with E-state index < -0.39 is 0 Å². The molecular weight excluding hydrogens is 202 g/mol. The first-order valence-electron chi connectivity index (χ1n) is 4.68. The second-order valence-corrected chi connectivity index (χ2v) is 4.01. The van der Waals surface area contributed by atoms with Crippen molar-refractivity contribution in [3.05, 3.63) is 11.3 Å². The van der Waals surface area contributed by atoms with E-state index >= 15 is 0 Å². The maximum absolute atomic E-state index is 6.11. The Morgan fingerprint density at radius 2 is 2.43 bits per heavy atom. The Morgan fingerprint density at radius 1 is 1.64 bits per heavy atom. The third kappa shape index (κ3) is 1.60. The van der Waals surface area contributed by atoms with Crippen LogP contribution in [0.15, 0.2) is 6.20 Å². The molecule has 1 fully saturated rings. The third-order valence-electron chi connectivity index (χ3n) is 2.64. The molecule has 0 amide bonds. The number of hydrogen-bond donors (Lipinski definition) is 0. The third-order valence-corrected chi connectivity index (χ3v) is 3.00. The SMILES string of the molecule is COc1cnn(C2CCN(C)C2)c1Cl. The molecule has 0 saturated carbocycles. The van der Waals surface area contributed by atoms with Gasteiger partial charge in [-0.15, -0.1) is 0 Å². The van der Waals surface area contributed by atoms with E-state index in [4.69, 9.17) is 16.3 Å². The molecule has 0 aliphatic carbocycles. The zero-order valence-corrected chi connectivity index (χ0v) is 9.16. The number of nitrogens with zero attached hydrogens (tertiary/aromatic N) is 3. The van der Waals surface area contributed by atoms with Crippen molar-refractivity contribution in [1.29, 1.82) is 0 Å². The van der Waals surface area contributed by atoms with Crippen LogP contribution < -0.4 is 4.74 Å². The lowest BCUT2D eigenvalue weighted by atomic mass is 10.3. The predicted octanol–water partition coefficient (Wildman–Crippen LogP) is 1.42. The van der Waals surface area contributed by atoms with Crippen molar-refractivity contribution in [3.63, 3.8) is 0 Å². The lowest BCUT2D eigenvalue weighted by Gasteiger charge is -2.11. The van der Waals surface area contributed by atoms with Gasteiger partial charge in [0.25, 0.3) is 0 Å². The molecule has 78 valence electrons. The largest absolute Gasteiger partial charge is 0.492 e. The Hall–Kier alpha value is -0.740. The standard InChI is InChI=1S/C9H14ClN3O/c1-12-4-3-7(6-12)13-9(10)8(14-2)5-11-13/h5,7H,3-4,6H2,1-2H3. The normalized spacial score (nSPS) is 22.9. The fraction of sp³-hybridized carbons (Fsp3) is 0.667. The minimum atomic E-state index is 0.386. The summed E-state index contributed by atoms with van der Waals surface area (Å²) in [6.45, 7) is 2.10. The van der Waals surface area contributed by atoms with E-state index in [1.807, 2.05) is 4.68 Å². The van der Waals surface area contributed by atoms with E-state index in [1.54, 1.807) is 13.3 Å². The Morgan fingerprint density at radius 3 is 2.93 bits per heavy atom. The van der Waals surface area contributed by atoms with Gasteiger partial charge >= 0.3 is 0 Å². The molecule has 0 spiro atoms. The number of likely N-dealkylation sites (tertiary alicyclic amines) is 1. The second-order valence-electron chi connectivity index (χ2n) is 3.65. The highest BCUT2D eigenvalue weighted by atomic mass is 35.5. The van der Waals surface area contributed by atoms with E-state index in [2.05, 4.69) is 17.0 Å². The van der Waals surface area contributed by atoms with Crippen molar-refractivity contribution in [2.24, 2.45) is 0 Å². The highest BCUT2D eigenvalue weighted by molar-refractivity contribution is 6.31. The minimum absolute atomic E-state index is 0.386. The van der Waals surface area contributed by atoms with Crippen molar-refractivity contribution in [2.75, 3.05) is 27.2 Å². The van der Waals surface area contributed by atoms with E-state index in [9.17, 15) is 0 Å². The summed E-state index contributed by atoms with van der Waals surface area (Å²) < 4.78 is 6.93. The van der Waals surface area contributed by atoms with Crippen molar-refractivity contribution >= 4 is 11.6 Å². The summed E-state index contributed by atoms with van der Waals surface area (Å²) in [5, 5.41) is 4.84. The second kappa shape index (κ2) is 3.79. The van der Waals surface area contributed by atoms with Crippen LogP contribution in [0.1, 0.15) is 12.5 Å². The van der Waals surface area contributed by atoms with Crippen LogP contribution in [-0.2, 0) is 0 Å². The Balaban J connectivity index is 2.20. The number of aromatic nitrogens is 2. The number of hydrogen-bond acceptors (Lipinski definition) is 3. The van der Waals surface area contributed by atoms with Gasteiger partial charge in [0, 0.05) is 6.54 Å². The molecule has 0 N–H and O–H groups in total. The predicted molar refractivity (Wildman–Crippen MR) is 54.9 cm³/mol. The van der Waals surface area contributed by atoms with E-state index in [0.29, 0.717) is 16.9 Å². The summed E-state index contributed by atoms with van der Waals surface area (Å²) in [5.74, 6) is 0.654. The van der Waals surface area contributed by atoms with E-state index in [1.165, 1.54) is 0 Å². The molecule has 1 aromatic rings. The van der Waals surface area contributed by atoms with E-state index in [-0.39, 0.29) is 0 Å². The van der Waals surface area contributed by atoms with Gasteiger partial charge < -0.3 is 9.64 Å². The van der Waals surface area contributed by atoms with Gasteiger partial charge in [-0.1, -0.05) is 11.6 Å². The molecule has 1 aliphatic rings. The zero-order chi connectivity index (χ0) is 10.1. The van der Waals surface area contributed by atoms with Crippen molar-refractivity contribution in [3.8, 4) is 5.75 Å². The first-order chi connectivity index (χ1) is 6.72. The molecule has 5 heteroatoms.